The van der Waals surface area contributed by atoms with E-state index in [2.05, 4.69) is 4.90 Å². The van der Waals surface area contributed by atoms with Crippen LogP contribution in [0.15, 0.2) is 0 Å². The van der Waals surface area contributed by atoms with E-state index in [0.29, 0.717) is 0 Å². The standard InChI is InChI=1S/C9H18N2O2/c1-7(11(4)8(12)13)9(5-6-9)10(2)3/h7H,5-6H2,1-4H3,(H,12,13). The SMILES string of the molecule is CC(N(C)C(=O)O)C1(N(C)C)CC1. The molecular weight excluding hydrogens is 168 g/mol. The van der Waals surface area contributed by atoms with Crippen molar-refractivity contribution in [2.75, 3.05) is 21.1 Å². The molecule has 1 unspecified atom stereocenters. The number of rotatable bonds is 3. The van der Waals surface area contributed by atoms with Gasteiger partial charge in [0, 0.05) is 12.6 Å². The zero-order valence-corrected chi connectivity index (χ0v) is 8.74. The lowest BCUT2D eigenvalue weighted by atomic mass is 10.1. The predicted octanol–water partition coefficient (Wildman–Crippen LogP) is 1.08. The summed E-state index contributed by atoms with van der Waals surface area (Å²) in [4.78, 5) is 14.3. The summed E-state index contributed by atoms with van der Waals surface area (Å²) in [5.74, 6) is 0. The fraction of sp³-hybridized carbons (Fsp3) is 0.889. The first-order valence-electron chi connectivity index (χ1n) is 4.55. The van der Waals surface area contributed by atoms with Gasteiger partial charge in [-0.25, -0.2) is 4.79 Å². The topological polar surface area (TPSA) is 43.8 Å². The van der Waals surface area contributed by atoms with E-state index in [1.807, 2.05) is 21.0 Å². The van der Waals surface area contributed by atoms with Crippen LogP contribution in [0.5, 0.6) is 0 Å². The number of hydrogen-bond donors (Lipinski definition) is 1. The van der Waals surface area contributed by atoms with E-state index < -0.39 is 6.09 Å². The molecule has 0 bridgehead atoms. The zero-order valence-electron chi connectivity index (χ0n) is 8.74. The molecule has 0 radical (unpaired) electrons. The number of carbonyl (C=O) groups is 1. The molecule has 0 aromatic heterocycles. The Morgan fingerprint density at radius 3 is 2.08 bits per heavy atom. The van der Waals surface area contributed by atoms with Crippen LogP contribution in [0.2, 0.25) is 0 Å². The molecule has 0 heterocycles. The van der Waals surface area contributed by atoms with Crippen molar-refractivity contribution in [1.29, 1.82) is 0 Å². The summed E-state index contributed by atoms with van der Waals surface area (Å²) in [6.45, 7) is 1.97. The van der Waals surface area contributed by atoms with Crippen molar-refractivity contribution in [1.82, 2.24) is 9.80 Å². The molecule has 13 heavy (non-hydrogen) atoms. The van der Waals surface area contributed by atoms with Crippen LogP contribution >= 0.6 is 0 Å². The third kappa shape index (κ3) is 1.63. The minimum absolute atomic E-state index is 0.0694. The Hall–Kier alpha value is -0.770. The Bertz CT molecular complexity index is 212. The van der Waals surface area contributed by atoms with Crippen LogP contribution in [-0.4, -0.2) is 53.7 Å². The number of hydrogen-bond acceptors (Lipinski definition) is 2. The second-order valence-electron chi connectivity index (χ2n) is 4.07. The van der Waals surface area contributed by atoms with Crippen molar-refractivity contribution in [3.63, 3.8) is 0 Å². The molecule has 0 spiro atoms. The second-order valence-corrected chi connectivity index (χ2v) is 4.07. The van der Waals surface area contributed by atoms with Gasteiger partial charge in [-0.2, -0.15) is 0 Å². The molecule has 1 N–H and O–H groups in total. The summed E-state index contributed by atoms with van der Waals surface area (Å²) in [5, 5.41) is 8.83. The number of carboxylic acid groups (broad SMARTS) is 1. The van der Waals surface area contributed by atoms with E-state index in [1.54, 1.807) is 7.05 Å². The van der Waals surface area contributed by atoms with Crippen molar-refractivity contribution in [3.8, 4) is 0 Å². The highest BCUT2D eigenvalue weighted by atomic mass is 16.4. The molecule has 4 heteroatoms. The van der Waals surface area contributed by atoms with Gasteiger partial charge in [-0.1, -0.05) is 0 Å². The number of nitrogens with zero attached hydrogens (tertiary/aromatic N) is 2. The van der Waals surface area contributed by atoms with Gasteiger partial charge in [-0.3, -0.25) is 0 Å². The Kier molecular flexibility index (Phi) is 2.52. The average Bonchev–Trinajstić information content (AvgIpc) is 2.81. The number of likely N-dealkylation sites (N-methyl/N-ethyl adjacent to an activating group) is 2. The normalized spacial score (nSPS) is 21.3. The highest BCUT2D eigenvalue weighted by Gasteiger charge is 2.51. The summed E-state index contributed by atoms with van der Waals surface area (Å²) in [6, 6.07) is 0.0694. The van der Waals surface area contributed by atoms with Gasteiger partial charge >= 0.3 is 6.09 Å². The molecule has 0 aromatic carbocycles. The lowest BCUT2D eigenvalue weighted by Gasteiger charge is -2.34. The summed E-state index contributed by atoms with van der Waals surface area (Å²) in [5.41, 5.74) is 0.0904. The predicted molar refractivity (Wildman–Crippen MR) is 50.9 cm³/mol. The lowest BCUT2D eigenvalue weighted by molar-refractivity contribution is 0.101. The summed E-state index contributed by atoms with van der Waals surface area (Å²) < 4.78 is 0. The molecule has 1 atom stereocenters. The molecule has 1 amide bonds. The largest absolute Gasteiger partial charge is 0.465 e. The van der Waals surface area contributed by atoms with E-state index in [4.69, 9.17) is 5.11 Å². The maximum atomic E-state index is 10.7. The van der Waals surface area contributed by atoms with Crippen LogP contribution in [0.3, 0.4) is 0 Å². The fourth-order valence-corrected chi connectivity index (χ4v) is 1.89. The summed E-state index contributed by atoms with van der Waals surface area (Å²) in [6.07, 6.45) is 1.35. The Balaban J connectivity index is 2.67. The second kappa shape index (κ2) is 3.18. The van der Waals surface area contributed by atoms with Crippen molar-refractivity contribution in [2.24, 2.45) is 0 Å². The minimum Gasteiger partial charge on any atom is -0.465 e. The third-order valence-corrected chi connectivity index (χ3v) is 3.31. The van der Waals surface area contributed by atoms with Crippen LogP contribution in [0.25, 0.3) is 0 Å². The van der Waals surface area contributed by atoms with E-state index >= 15 is 0 Å². The molecule has 1 fully saturated rings. The molecule has 1 saturated carbocycles. The van der Waals surface area contributed by atoms with Gasteiger partial charge in [0.15, 0.2) is 0 Å². The molecule has 76 valence electrons. The van der Waals surface area contributed by atoms with E-state index in [1.165, 1.54) is 4.90 Å². The molecule has 4 nitrogen and oxygen atoms in total. The van der Waals surface area contributed by atoms with Crippen molar-refractivity contribution in [3.05, 3.63) is 0 Å². The molecule has 1 rings (SSSR count). The quantitative estimate of drug-likeness (QED) is 0.717. The molecular formula is C9H18N2O2. The Morgan fingerprint density at radius 2 is 1.85 bits per heavy atom. The van der Waals surface area contributed by atoms with E-state index in [9.17, 15) is 4.79 Å². The first kappa shape index (κ1) is 10.3. The first-order chi connectivity index (χ1) is 5.92. The summed E-state index contributed by atoms with van der Waals surface area (Å²) >= 11 is 0. The van der Waals surface area contributed by atoms with Gasteiger partial charge in [0.1, 0.15) is 0 Å². The third-order valence-electron chi connectivity index (χ3n) is 3.31. The highest BCUT2D eigenvalue weighted by Crippen LogP contribution is 2.44. The lowest BCUT2D eigenvalue weighted by Crippen LogP contribution is -2.50. The molecule has 1 aliphatic carbocycles. The first-order valence-corrected chi connectivity index (χ1v) is 4.55. The monoisotopic (exact) mass is 186 g/mol. The summed E-state index contributed by atoms with van der Waals surface area (Å²) in [7, 11) is 5.66. The van der Waals surface area contributed by atoms with Crippen LogP contribution in [-0.2, 0) is 0 Å². The van der Waals surface area contributed by atoms with Gasteiger partial charge in [0.25, 0.3) is 0 Å². The van der Waals surface area contributed by atoms with Gasteiger partial charge in [-0.05, 0) is 33.9 Å². The average molecular weight is 186 g/mol. The van der Waals surface area contributed by atoms with Crippen LogP contribution in [0.1, 0.15) is 19.8 Å². The van der Waals surface area contributed by atoms with Crippen molar-refractivity contribution < 1.29 is 9.90 Å². The fourth-order valence-electron chi connectivity index (χ4n) is 1.89. The minimum atomic E-state index is -0.847. The van der Waals surface area contributed by atoms with Crippen LogP contribution in [0.4, 0.5) is 4.79 Å². The maximum absolute atomic E-state index is 10.7. The maximum Gasteiger partial charge on any atom is 0.407 e. The van der Waals surface area contributed by atoms with Crippen molar-refractivity contribution in [2.45, 2.75) is 31.3 Å². The van der Waals surface area contributed by atoms with Crippen molar-refractivity contribution >= 4 is 6.09 Å². The Labute approximate surface area is 79.1 Å². The van der Waals surface area contributed by atoms with E-state index in [0.717, 1.165) is 12.8 Å². The Morgan fingerprint density at radius 1 is 1.38 bits per heavy atom. The van der Waals surface area contributed by atoms with Gasteiger partial charge in [-0.15, -0.1) is 0 Å². The molecule has 1 aliphatic rings. The smallest absolute Gasteiger partial charge is 0.407 e. The van der Waals surface area contributed by atoms with Gasteiger partial charge in [0.2, 0.25) is 0 Å². The highest BCUT2D eigenvalue weighted by molar-refractivity contribution is 5.65. The zero-order chi connectivity index (χ0) is 10.2. The van der Waals surface area contributed by atoms with E-state index in [-0.39, 0.29) is 11.6 Å². The molecule has 0 aliphatic heterocycles. The van der Waals surface area contributed by atoms with Gasteiger partial charge in [0.05, 0.1) is 6.04 Å². The number of amides is 1. The molecule has 0 saturated heterocycles. The van der Waals surface area contributed by atoms with Gasteiger partial charge < -0.3 is 14.9 Å². The van der Waals surface area contributed by atoms with Crippen LogP contribution < -0.4 is 0 Å². The van der Waals surface area contributed by atoms with Crippen LogP contribution in [0, 0.1) is 0 Å². The molecule has 0 aromatic rings.